The van der Waals surface area contributed by atoms with Crippen LogP contribution in [-0.2, 0) is 14.2 Å². The number of phenols is 2. The smallest absolute Gasteiger partial charge is 0.456 e. The van der Waals surface area contributed by atoms with Gasteiger partial charge in [-0.15, -0.1) is 0 Å². The SMILES string of the molecule is C(OCC1CO1)C1CO1.FCC(F)(F)C(F)(F)F.Oc1ccccc1.Oc1ccccc1. The third-order valence-corrected chi connectivity index (χ3v) is 3.51. The molecule has 2 heterocycles. The zero-order valence-electron chi connectivity index (χ0n) is 16.9. The monoisotopic (exact) mass is 470 g/mol. The van der Waals surface area contributed by atoms with E-state index in [1.807, 2.05) is 12.1 Å². The fourth-order valence-electron chi connectivity index (χ4n) is 1.59. The van der Waals surface area contributed by atoms with Gasteiger partial charge in [0.2, 0.25) is 0 Å². The molecule has 0 aromatic heterocycles. The van der Waals surface area contributed by atoms with Gasteiger partial charge in [0, 0.05) is 0 Å². The number of para-hydroxylation sites is 2. The Labute approximate surface area is 181 Å². The molecular formula is C21H24F6O5. The fourth-order valence-corrected chi connectivity index (χ4v) is 1.59. The molecule has 180 valence electrons. The summed E-state index contributed by atoms with van der Waals surface area (Å²) in [4.78, 5) is 0. The van der Waals surface area contributed by atoms with Crippen LogP contribution in [-0.4, -0.2) is 67.6 Å². The third kappa shape index (κ3) is 13.7. The van der Waals surface area contributed by atoms with Gasteiger partial charge in [0.15, 0.2) is 6.67 Å². The van der Waals surface area contributed by atoms with Crippen LogP contribution in [0.4, 0.5) is 26.3 Å². The topological polar surface area (TPSA) is 74.8 Å². The molecule has 0 radical (unpaired) electrons. The van der Waals surface area contributed by atoms with E-state index in [2.05, 4.69) is 0 Å². The molecule has 32 heavy (non-hydrogen) atoms. The molecule has 2 N–H and O–H groups in total. The molecule has 0 saturated carbocycles. The van der Waals surface area contributed by atoms with E-state index < -0.39 is 18.8 Å². The third-order valence-electron chi connectivity index (χ3n) is 3.51. The molecule has 2 aromatic carbocycles. The number of aromatic hydroxyl groups is 2. The van der Waals surface area contributed by atoms with Gasteiger partial charge in [-0.1, -0.05) is 36.4 Å². The molecule has 2 unspecified atom stereocenters. The highest BCUT2D eigenvalue weighted by molar-refractivity contribution is 5.19. The standard InChI is InChI=1S/C6H10O3.2C6H6O.C3H2F6/c1(5-3-8-5)7-2-6-4-9-6;2*7-6-4-2-1-3-5-6;4-1-2(5,6)3(7,8)9/h5-6H,1-4H2;2*1-5,7H;1H2. The van der Waals surface area contributed by atoms with Crippen LogP contribution < -0.4 is 0 Å². The first-order valence-corrected chi connectivity index (χ1v) is 9.34. The van der Waals surface area contributed by atoms with Crippen molar-refractivity contribution in [1.82, 2.24) is 0 Å². The van der Waals surface area contributed by atoms with Gasteiger partial charge in [0.05, 0.1) is 26.4 Å². The molecule has 2 aliphatic heterocycles. The molecule has 0 amide bonds. The summed E-state index contributed by atoms with van der Waals surface area (Å²) in [6.07, 6.45) is -4.98. The van der Waals surface area contributed by atoms with Crippen molar-refractivity contribution in [2.24, 2.45) is 0 Å². The molecule has 0 aliphatic carbocycles. The van der Waals surface area contributed by atoms with Gasteiger partial charge in [-0.05, 0) is 24.3 Å². The highest BCUT2D eigenvalue weighted by atomic mass is 19.4. The van der Waals surface area contributed by atoms with E-state index in [4.69, 9.17) is 24.4 Å². The maximum absolute atomic E-state index is 11.2. The van der Waals surface area contributed by atoms with Crippen LogP contribution in [0.1, 0.15) is 0 Å². The van der Waals surface area contributed by atoms with Gasteiger partial charge in [0.25, 0.3) is 0 Å². The van der Waals surface area contributed by atoms with Crippen molar-refractivity contribution in [3.63, 3.8) is 0 Å². The molecular weight excluding hydrogens is 446 g/mol. The largest absolute Gasteiger partial charge is 0.508 e. The summed E-state index contributed by atoms with van der Waals surface area (Å²) >= 11 is 0. The highest BCUT2D eigenvalue weighted by Gasteiger charge is 2.57. The van der Waals surface area contributed by atoms with E-state index in [-0.39, 0.29) is 0 Å². The van der Waals surface area contributed by atoms with E-state index in [1.165, 1.54) is 0 Å². The molecule has 2 fully saturated rings. The number of alkyl halides is 6. The first-order chi connectivity index (χ1) is 15.0. The molecule has 5 nitrogen and oxygen atoms in total. The summed E-state index contributed by atoms with van der Waals surface area (Å²) in [5.74, 6) is -4.54. The van der Waals surface area contributed by atoms with Crippen LogP contribution in [0, 0.1) is 0 Å². The molecule has 2 atom stereocenters. The molecule has 2 saturated heterocycles. The van der Waals surface area contributed by atoms with E-state index >= 15 is 0 Å². The van der Waals surface area contributed by atoms with Crippen LogP contribution >= 0.6 is 0 Å². The lowest BCUT2D eigenvalue weighted by atomic mass is 10.3. The first-order valence-electron chi connectivity index (χ1n) is 9.34. The molecule has 2 aromatic rings. The summed E-state index contributed by atoms with van der Waals surface area (Å²) in [7, 11) is 0. The normalized spacial score (nSPS) is 18.6. The van der Waals surface area contributed by atoms with Crippen LogP contribution in [0.2, 0.25) is 0 Å². The summed E-state index contributed by atoms with van der Waals surface area (Å²) in [5.41, 5.74) is 0. The van der Waals surface area contributed by atoms with Crippen molar-refractivity contribution in [2.75, 3.05) is 33.1 Å². The van der Waals surface area contributed by atoms with Gasteiger partial charge in [-0.25, -0.2) is 4.39 Å². The zero-order valence-corrected chi connectivity index (χ0v) is 16.9. The Balaban J connectivity index is 0.000000215. The molecule has 4 rings (SSSR count). The van der Waals surface area contributed by atoms with Gasteiger partial charge < -0.3 is 24.4 Å². The lowest BCUT2D eigenvalue weighted by molar-refractivity contribution is -0.286. The Bertz CT molecular complexity index is 673. The second-order valence-electron chi connectivity index (χ2n) is 6.46. The second-order valence-corrected chi connectivity index (χ2v) is 6.46. The van der Waals surface area contributed by atoms with E-state index in [0.717, 1.165) is 26.4 Å². The summed E-state index contributed by atoms with van der Waals surface area (Å²) < 4.78 is 80.8. The average Bonchev–Trinajstić information content (AvgIpc) is 3.66. The van der Waals surface area contributed by atoms with Crippen molar-refractivity contribution in [3.8, 4) is 11.5 Å². The highest BCUT2D eigenvalue weighted by Crippen LogP contribution is 2.35. The summed E-state index contributed by atoms with van der Waals surface area (Å²) in [5, 5.41) is 17.3. The van der Waals surface area contributed by atoms with Crippen molar-refractivity contribution >= 4 is 0 Å². The number of benzene rings is 2. The quantitative estimate of drug-likeness (QED) is 0.488. The number of phenolic OH excluding ortho intramolecular Hbond substituents is 2. The molecule has 11 heteroatoms. The van der Waals surface area contributed by atoms with Crippen molar-refractivity contribution in [2.45, 2.75) is 24.3 Å². The number of epoxide rings is 2. The van der Waals surface area contributed by atoms with Crippen LogP contribution in [0.5, 0.6) is 11.5 Å². The van der Waals surface area contributed by atoms with Gasteiger partial charge >= 0.3 is 12.1 Å². The molecule has 0 spiro atoms. The lowest BCUT2D eigenvalue weighted by Crippen LogP contribution is -2.38. The Hall–Kier alpha value is -2.50. The van der Waals surface area contributed by atoms with Crippen LogP contribution in [0.3, 0.4) is 0 Å². The molecule has 0 bridgehead atoms. The predicted molar refractivity (Wildman–Crippen MR) is 103 cm³/mol. The minimum atomic E-state index is -5.76. The Kier molecular flexibility index (Phi) is 11.9. The van der Waals surface area contributed by atoms with Crippen LogP contribution in [0.25, 0.3) is 0 Å². The van der Waals surface area contributed by atoms with E-state index in [1.54, 1.807) is 48.5 Å². The Morgan fingerprint density at radius 2 is 1.09 bits per heavy atom. The fraction of sp³-hybridized carbons (Fsp3) is 0.429. The van der Waals surface area contributed by atoms with Crippen LogP contribution in [0.15, 0.2) is 60.7 Å². The Morgan fingerprint density at radius 3 is 1.25 bits per heavy atom. The number of ether oxygens (including phenoxy) is 3. The van der Waals surface area contributed by atoms with E-state index in [9.17, 15) is 26.3 Å². The van der Waals surface area contributed by atoms with Crippen molar-refractivity contribution < 1.29 is 50.8 Å². The lowest BCUT2D eigenvalue weighted by Gasteiger charge is -2.14. The van der Waals surface area contributed by atoms with Gasteiger partial charge in [-0.2, -0.15) is 22.0 Å². The maximum atomic E-state index is 11.2. The second kappa shape index (κ2) is 13.8. The van der Waals surface area contributed by atoms with Gasteiger partial charge in [0.1, 0.15) is 23.7 Å². The minimum Gasteiger partial charge on any atom is -0.508 e. The number of hydrogen-bond acceptors (Lipinski definition) is 5. The van der Waals surface area contributed by atoms with Gasteiger partial charge in [-0.3, -0.25) is 0 Å². The summed E-state index contributed by atoms with van der Waals surface area (Å²) in [6, 6.07) is 17.4. The van der Waals surface area contributed by atoms with Crippen molar-refractivity contribution in [3.05, 3.63) is 60.7 Å². The molecule has 2 aliphatic rings. The Morgan fingerprint density at radius 1 is 0.750 bits per heavy atom. The predicted octanol–water partition coefficient (Wildman–Crippen LogP) is 4.74. The first kappa shape index (κ1) is 27.5. The van der Waals surface area contributed by atoms with E-state index in [0.29, 0.717) is 23.7 Å². The maximum Gasteiger partial charge on any atom is 0.456 e. The zero-order chi connectivity index (χ0) is 24.0. The minimum absolute atomic E-state index is 0.322. The van der Waals surface area contributed by atoms with Crippen molar-refractivity contribution in [1.29, 1.82) is 0 Å². The summed E-state index contributed by atoms with van der Waals surface area (Å²) in [6.45, 7) is 0.563. The number of halogens is 6. The number of hydrogen-bond donors (Lipinski definition) is 2. The number of rotatable bonds is 5. The average molecular weight is 470 g/mol.